The number of ether oxygens (including phenoxy) is 2. The van der Waals surface area contributed by atoms with Gasteiger partial charge in [0.25, 0.3) is 0 Å². The molecule has 0 aliphatic heterocycles. The van der Waals surface area contributed by atoms with Crippen molar-refractivity contribution in [1.29, 1.82) is 0 Å². The molecule has 0 fully saturated rings. The second-order valence-corrected chi connectivity index (χ2v) is 4.31. The summed E-state index contributed by atoms with van der Waals surface area (Å²) in [5.41, 5.74) is 8.69. The minimum absolute atomic E-state index is 0.0572. The molecule has 0 spiro atoms. The van der Waals surface area contributed by atoms with Crippen molar-refractivity contribution in [1.82, 2.24) is 0 Å². The Hall–Kier alpha value is -1.06. The Morgan fingerprint density at radius 3 is 2.88 bits per heavy atom. The Kier molecular flexibility index (Phi) is 3.80. The Balaban J connectivity index is 1.90. The highest BCUT2D eigenvalue weighted by atomic mass is 16.5. The zero-order chi connectivity index (χ0) is 11.4. The van der Waals surface area contributed by atoms with Crippen LogP contribution in [0.4, 0.5) is 0 Å². The van der Waals surface area contributed by atoms with Gasteiger partial charge in [0.05, 0.1) is 12.6 Å². The fourth-order valence-corrected chi connectivity index (χ4v) is 2.10. The van der Waals surface area contributed by atoms with Crippen molar-refractivity contribution >= 4 is 0 Å². The van der Waals surface area contributed by atoms with E-state index in [1.54, 1.807) is 7.11 Å². The van der Waals surface area contributed by atoms with Gasteiger partial charge in [-0.3, -0.25) is 0 Å². The van der Waals surface area contributed by atoms with Crippen LogP contribution >= 0.6 is 0 Å². The standard InChI is InChI=1S/C13H19NO2/c1-15-8-12(14)9-16-13-6-5-10-3-2-4-11(10)7-13/h5-7,12H,2-4,8-9,14H2,1H3. The van der Waals surface area contributed by atoms with Crippen LogP contribution in [0.5, 0.6) is 5.75 Å². The number of hydrogen-bond donors (Lipinski definition) is 1. The largest absolute Gasteiger partial charge is 0.492 e. The smallest absolute Gasteiger partial charge is 0.119 e. The van der Waals surface area contributed by atoms with Gasteiger partial charge in [-0.25, -0.2) is 0 Å². The Morgan fingerprint density at radius 1 is 1.25 bits per heavy atom. The summed E-state index contributed by atoms with van der Waals surface area (Å²) < 4.78 is 10.6. The van der Waals surface area contributed by atoms with E-state index in [1.165, 1.54) is 30.4 Å². The predicted octanol–water partition coefficient (Wildman–Crippen LogP) is 1.53. The lowest BCUT2D eigenvalue weighted by Crippen LogP contribution is -2.32. The summed E-state index contributed by atoms with van der Waals surface area (Å²) in [7, 11) is 1.65. The molecule has 0 saturated carbocycles. The van der Waals surface area contributed by atoms with Crippen molar-refractivity contribution in [3.05, 3.63) is 29.3 Å². The topological polar surface area (TPSA) is 44.5 Å². The van der Waals surface area contributed by atoms with E-state index in [-0.39, 0.29) is 6.04 Å². The van der Waals surface area contributed by atoms with E-state index in [4.69, 9.17) is 15.2 Å². The van der Waals surface area contributed by atoms with Crippen LogP contribution in [0.15, 0.2) is 18.2 Å². The molecule has 0 aromatic heterocycles. The van der Waals surface area contributed by atoms with Crippen molar-refractivity contribution in [2.75, 3.05) is 20.3 Å². The third-order valence-corrected chi connectivity index (χ3v) is 2.91. The molecule has 88 valence electrons. The monoisotopic (exact) mass is 221 g/mol. The zero-order valence-corrected chi connectivity index (χ0v) is 9.74. The predicted molar refractivity (Wildman–Crippen MR) is 63.8 cm³/mol. The van der Waals surface area contributed by atoms with Crippen LogP contribution in [0.25, 0.3) is 0 Å². The molecule has 0 heterocycles. The van der Waals surface area contributed by atoms with Gasteiger partial charge in [0, 0.05) is 7.11 Å². The van der Waals surface area contributed by atoms with Gasteiger partial charge in [-0.15, -0.1) is 0 Å². The van der Waals surface area contributed by atoms with Crippen LogP contribution in [-0.4, -0.2) is 26.4 Å². The molecule has 3 nitrogen and oxygen atoms in total. The van der Waals surface area contributed by atoms with Gasteiger partial charge in [0.1, 0.15) is 12.4 Å². The second kappa shape index (κ2) is 5.32. The molecule has 0 radical (unpaired) electrons. The highest BCUT2D eigenvalue weighted by molar-refractivity contribution is 5.38. The molecule has 3 heteroatoms. The molecule has 16 heavy (non-hydrogen) atoms. The molecule has 2 rings (SSSR count). The first-order valence-corrected chi connectivity index (χ1v) is 5.78. The Bertz CT molecular complexity index is 352. The number of benzene rings is 1. The molecule has 1 unspecified atom stereocenters. The molecule has 2 N–H and O–H groups in total. The summed E-state index contributed by atoms with van der Waals surface area (Å²) in [6.45, 7) is 1.04. The summed E-state index contributed by atoms with van der Waals surface area (Å²) >= 11 is 0. The van der Waals surface area contributed by atoms with E-state index < -0.39 is 0 Å². The molecule has 1 aliphatic carbocycles. The Labute approximate surface area is 96.5 Å². The van der Waals surface area contributed by atoms with E-state index in [0.29, 0.717) is 13.2 Å². The van der Waals surface area contributed by atoms with E-state index in [0.717, 1.165) is 5.75 Å². The highest BCUT2D eigenvalue weighted by Crippen LogP contribution is 2.25. The van der Waals surface area contributed by atoms with Gasteiger partial charge >= 0.3 is 0 Å². The van der Waals surface area contributed by atoms with Crippen LogP contribution in [-0.2, 0) is 17.6 Å². The first-order valence-electron chi connectivity index (χ1n) is 5.78. The van der Waals surface area contributed by atoms with Gasteiger partial charge < -0.3 is 15.2 Å². The summed E-state index contributed by atoms with van der Waals surface area (Å²) in [6.07, 6.45) is 3.65. The van der Waals surface area contributed by atoms with E-state index in [9.17, 15) is 0 Å². The fourth-order valence-electron chi connectivity index (χ4n) is 2.10. The second-order valence-electron chi connectivity index (χ2n) is 4.31. The first-order chi connectivity index (χ1) is 7.79. The average Bonchev–Trinajstić information content (AvgIpc) is 2.74. The molecule has 1 atom stereocenters. The number of nitrogens with two attached hydrogens (primary N) is 1. The highest BCUT2D eigenvalue weighted by Gasteiger charge is 2.11. The van der Waals surface area contributed by atoms with Crippen LogP contribution in [0.1, 0.15) is 17.5 Å². The molecule has 0 amide bonds. The summed E-state index contributed by atoms with van der Waals surface area (Å²) in [5, 5.41) is 0. The third-order valence-electron chi connectivity index (χ3n) is 2.91. The molecule has 1 aromatic carbocycles. The van der Waals surface area contributed by atoms with Crippen molar-refractivity contribution in [2.24, 2.45) is 5.73 Å². The lowest BCUT2D eigenvalue weighted by Gasteiger charge is -2.12. The first kappa shape index (κ1) is 11.4. The van der Waals surface area contributed by atoms with Crippen LogP contribution < -0.4 is 10.5 Å². The van der Waals surface area contributed by atoms with Crippen LogP contribution in [0, 0.1) is 0 Å². The molecule has 0 saturated heterocycles. The lowest BCUT2D eigenvalue weighted by molar-refractivity contribution is 0.152. The quantitative estimate of drug-likeness (QED) is 0.820. The fraction of sp³-hybridized carbons (Fsp3) is 0.538. The zero-order valence-electron chi connectivity index (χ0n) is 9.74. The number of aryl methyl sites for hydroxylation is 2. The van der Waals surface area contributed by atoms with Gasteiger partial charge in [0.2, 0.25) is 0 Å². The molecule has 0 bridgehead atoms. The van der Waals surface area contributed by atoms with E-state index in [2.05, 4.69) is 12.1 Å². The maximum absolute atomic E-state index is 5.79. The van der Waals surface area contributed by atoms with Crippen molar-refractivity contribution in [3.8, 4) is 5.75 Å². The Morgan fingerprint density at radius 2 is 2.06 bits per heavy atom. The van der Waals surface area contributed by atoms with E-state index >= 15 is 0 Å². The third kappa shape index (κ3) is 2.74. The number of hydrogen-bond acceptors (Lipinski definition) is 3. The SMILES string of the molecule is COCC(N)COc1ccc2c(c1)CCC2. The average molecular weight is 221 g/mol. The minimum atomic E-state index is -0.0572. The van der Waals surface area contributed by atoms with Crippen LogP contribution in [0.2, 0.25) is 0 Å². The van der Waals surface area contributed by atoms with Crippen molar-refractivity contribution < 1.29 is 9.47 Å². The molecular formula is C13H19NO2. The summed E-state index contributed by atoms with van der Waals surface area (Å²) in [5.74, 6) is 0.923. The maximum Gasteiger partial charge on any atom is 0.119 e. The van der Waals surface area contributed by atoms with Gasteiger partial charge in [0.15, 0.2) is 0 Å². The van der Waals surface area contributed by atoms with Crippen molar-refractivity contribution in [3.63, 3.8) is 0 Å². The van der Waals surface area contributed by atoms with Gasteiger partial charge in [-0.2, -0.15) is 0 Å². The summed E-state index contributed by atoms with van der Waals surface area (Å²) in [6, 6.07) is 6.28. The van der Waals surface area contributed by atoms with Crippen LogP contribution in [0.3, 0.4) is 0 Å². The number of fused-ring (bicyclic) bond motifs is 1. The molecular weight excluding hydrogens is 202 g/mol. The van der Waals surface area contributed by atoms with Gasteiger partial charge in [-0.05, 0) is 42.5 Å². The lowest BCUT2D eigenvalue weighted by atomic mass is 10.1. The van der Waals surface area contributed by atoms with Crippen molar-refractivity contribution in [2.45, 2.75) is 25.3 Å². The normalized spacial score (nSPS) is 15.9. The summed E-state index contributed by atoms with van der Waals surface area (Å²) in [4.78, 5) is 0. The molecule has 1 aromatic rings. The molecule has 1 aliphatic rings. The number of methoxy groups -OCH3 is 1. The van der Waals surface area contributed by atoms with E-state index in [1.807, 2.05) is 6.07 Å². The van der Waals surface area contributed by atoms with Gasteiger partial charge in [-0.1, -0.05) is 6.07 Å². The number of rotatable bonds is 5. The minimum Gasteiger partial charge on any atom is -0.492 e. The maximum atomic E-state index is 5.79.